The number of aromatic nitrogens is 4. The Bertz CT molecular complexity index is 1830. The topological polar surface area (TPSA) is 175 Å². The van der Waals surface area contributed by atoms with Crippen molar-refractivity contribution in [2.75, 3.05) is 18.1 Å². The Hall–Kier alpha value is -5.06. The van der Waals surface area contributed by atoms with Crippen LogP contribution in [0.4, 0.5) is 5.13 Å². The first-order chi connectivity index (χ1) is 23.4. The molecule has 6 rings (SSSR count). The lowest BCUT2D eigenvalue weighted by Crippen LogP contribution is -2.71. The van der Waals surface area contributed by atoms with Gasteiger partial charge >= 0.3 is 5.97 Å². The first kappa shape index (κ1) is 32.9. The molecule has 0 spiro atoms. The second kappa shape index (κ2) is 15.2. The molecule has 0 radical (unpaired) electrons. The lowest BCUT2D eigenvalue weighted by Gasteiger charge is -2.49. The molecule has 48 heavy (non-hydrogen) atoms. The summed E-state index contributed by atoms with van der Waals surface area (Å²) in [5, 5.41) is 8.42. The van der Waals surface area contributed by atoms with Crippen molar-refractivity contribution in [1.82, 2.24) is 29.5 Å². The van der Waals surface area contributed by atoms with E-state index in [1.165, 1.54) is 28.4 Å². The number of hydrogen-bond donors (Lipinski definition) is 2. The molecule has 4 aromatic rings. The molecule has 2 aliphatic rings. The van der Waals surface area contributed by atoms with E-state index in [0.717, 1.165) is 22.7 Å². The number of allylic oxidation sites excluding steroid dienone is 1. The molecular weight excluding hydrogens is 673 g/mol. The summed E-state index contributed by atoms with van der Waals surface area (Å²) in [5.41, 5.74) is 7.70. The van der Waals surface area contributed by atoms with Crippen LogP contribution in [-0.2, 0) is 24.0 Å². The number of carbonyl (C=O) groups excluding carboxylic acids is 3. The fourth-order valence-electron chi connectivity index (χ4n) is 4.88. The van der Waals surface area contributed by atoms with Crippen molar-refractivity contribution in [2.45, 2.75) is 29.6 Å². The molecule has 13 nitrogen and oxygen atoms in total. The Morgan fingerprint density at radius 2 is 1.79 bits per heavy atom. The van der Waals surface area contributed by atoms with Crippen LogP contribution in [0, 0.1) is 0 Å². The van der Waals surface area contributed by atoms with Crippen molar-refractivity contribution in [2.24, 2.45) is 5.16 Å². The molecular formula is C32H28N8O5S3. The molecule has 2 aromatic carbocycles. The summed E-state index contributed by atoms with van der Waals surface area (Å²) >= 11 is 3.57. The van der Waals surface area contributed by atoms with Crippen LogP contribution in [0.25, 0.3) is 0 Å². The summed E-state index contributed by atoms with van der Waals surface area (Å²) in [7, 11) is 0. The summed E-state index contributed by atoms with van der Waals surface area (Å²) in [6.07, 6.45) is 4.29. The smallest absolute Gasteiger partial charge is 0.356 e. The monoisotopic (exact) mass is 700 g/mol. The van der Waals surface area contributed by atoms with Crippen molar-refractivity contribution < 1.29 is 24.0 Å². The number of oxime groups is 1. The summed E-state index contributed by atoms with van der Waals surface area (Å²) in [5.74, 6) is -1.56. The van der Waals surface area contributed by atoms with Crippen LogP contribution in [0.15, 0.2) is 112 Å². The van der Waals surface area contributed by atoms with Gasteiger partial charge in [0.25, 0.3) is 11.8 Å². The first-order valence-electron chi connectivity index (χ1n) is 14.6. The number of carbonyl (C=O) groups is 3. The maximum Gasteiger partial charge on any atom is 0.356 e. The number of fused-ring (bicyclic) bond motifs is 1. The number of rotatable bonds is 12. The van der Waals surface area contributed by atoms with Gasteiger partial charge in [-0.05, 0) is 41.2 Å². The van der Waals surface area contributed by atoms with Crippen molar-refractivity contribution in [3.05, 3.63) is 119 Å². The molecule has 2 atom stereocenters. The molecule has 2 aromatic heterocycles. The molecule has 16 heteroatoms. The maximum atomic E-state index is 14.2. The largest absolute Gasteiger partial charge is 0.448 e. The highest BCUT2D eigenvalue weighted by atomic mass is 32.2. The minimum absolute atomic E-state index is 0.0206. The van der Waals surface area contributed by atoms with Crippen LogP contribution < -0.4 is 11.1 Å². The van der Waals surface area contributed by atoms with E-state index in [2.05, 4.69) is 29.8 Å². The Labute approximate surface area is 287 Å². The van der Waals surface area contributed by atoms with Crippen molar-refractivity contribution in [3.63, 3.8) is 0 Å². The Kier molecular flexibility index (Phi) is 10.4. The second-order valence-electron chi connectivity index (χ2n) is 10.1. The van der Waals surface area contributed by atoms with E-state index in [-0.39, 0.29) is 29.0 Å². The van der Waals surface area contributed by atoms with Gasteiger partial charge in [-0.15, -0.1) is 11.8 Å². The number of nitrogens with two attached hydrogens (primary N) is 1. The molecule has 244 valence electrons. The van der Waals surface area contributed by atoms with Crippen molar-refractivity contribution in [3.8, 4) is 0 Å². The highest BCUT2D eigenvalue weighted by Gasteiger charge is 2.54. The van der Waals surface area contributed by atoms with E-state index in [1.54, 1.807) is 36.9 Å². The van der Waals surface area contributed by atoms with Gasteiger partial charge in [0.15, 0.2) is 16.4 Å². The van der Waals surface area contributed by atoms with Gasteiger partial charge in [-0.3, -0.25) is 14.5 Å². The lowest BCUT2D eigenvalue weighted by molar-refractivity contribution is -0.154. The van der Waals surface area contributed by atoms with Gasteiger partial charge < -0.3 is 20.6 Å². The summed E-state index contributed by atoms with van der Waals surface area (Å²) < 4.78 is 10.3. The van der Waals surface area contributed by atoms with Gasteiger partial charge in [0.2, 0.25) is 11.5 Å². The normalized spacial score (nSPS) is 17.7. The van der Waals surface area contributed by atoms with E-state index in [1.807, 2.05) is 60.7 Å². The molecule has 1 unspecified atom stereocenters. The van der Waals surface area contributed by atoms with E-state index < -0.39 is 35.3 Å². The third-order valence-electron chi connectivity index (χ3n) is 7.05. The molecule has 2 amide bonds. The van der Waals surface area contributed by atoms with Gasteiger partial charge in [-0.2, -0.15) is 9.36 Å². The average molecular weight is 701 g/mol. The number of esters is 1. The number of ether oxygens (including phenoxy) is 1. The van der Waals surface area contributed by atoms with Gasteiger partial charge in [0.05, 0.1) is 0 Å². The van der Waals surface area contributed by atoms with Crippen LogP contribution in [-0.4, -0.2) is 71.5 Å². The molecule has 3 N–H and O–H groups in total. The molecule has 0 bridgehead atoms. The fourth-order valence-corrected chi connectivity index (χ4v) is 7.23. The third-order valence-corrected chi connectivity index (χ3v) is 9.58. The number of thioether (sulfide) groups is 2. The van der Waals surface area contributed by atoms with E-state index in [0.29, 0.717) is 16.5 Å². The number of amides is 2. The Morgan fingerprint density at radius 3 is 2.42 bits per heavy atom. The number of nitrogen functional groups attached to an aromatic ring is 1. The van der Waals surface area contributed by atoms with Crippen LogP contribution in [0.3, 0.4) is 0 Å². The van der Waals surface area contributed by atoms with Gasteiger partial charge in [0, 0.05) is 29.7 Å². The predicted octanol–water partition coefficient (Wildman–Crippen LogP) is 3.94. The number of anilines is 1. The van der Waals surface area contributed by atoms with Crippen LogP contribution in [0.5, 0.6) is 0 Å². The summed E-state index contributed by atoms with van der Waals surface area (Å²) in [6, 6.07) is 19.5. The minimum atomic E-state index is -0.968. The van der Waals surface area contributed by atoms with Crippen LogP contribution >= 0.6 is 35.1 Å². The summed E-state index contributed by atoms with van der Waals surface area (Å²) in [6.45, 7) is 1.90. The molecule has 4 heterocycles. The molecule has 0 saturated carbocycles. The number of β-lactam (4-membered cyclic amide) rings is 1. The van der Waals surface area contributed by atoms with Crippen LogP contribution in [0.2, 0.25) is 0 Å². The zero-order valence-corrected chi connectivity index (χ0v) is 27.8. The molecule has 1 fully saturated rings. The summed E-state index contributed by atoms with van der Waals surface area (Å²) in [4.78, 5) is 60.3. The molecule has 1 saturated heterocycles. The van der Waals surface area contributed by atoms with Gasteiger partial charge in [0.1, 0.15) is 23.7 Å². The predicted molar refractivity (Wildman–Crippen MR) is 182 cm³/mol. The van der Waals surface area contributed by atoms with E-state index in [4.69, 9.17) is 15.3 Å². The van der Waals surface area contributed by atoms with E-state index in [9.17, 15) is 14.4 Å². The minimum Gasteiger partial charge on any atom is -0.448 e. The standard InChI is InChI=1S/C32H28N8O5S3/c1-2-44-38-22(26-37-31(33)48-39-26)27(41)36-23-28(42)40-24(21(18-47-29(23)40)14-17-46-32-34-15-9-16-35-32)30(43)45-25(19-10-5-3-6-11-19)20-12-7-4-8-13-20/h3-17,23,25,29H,2,18H2,1H3,(H,36,41)(H2,33,37,39)/t23?,29-/m1/s1. The number of nitrogens with one attached hydrogen (secondary N) is 1. The van der Waals surface area contributed by atoms with Crippen molar-refractivity contribution >= 4 is 63.7 Å². The number of hydrogen-bond acceptors (Lipinski definition) is 14. The zero-order valence-electron chi connectivity index (χ0n) is 25.3. The average Bonchev–Trinajstić information content (AvgIpc) is 3.56. The lowest BCUT2D eigenvalue weighted by atomic mass is 10.0. The highest BCUT2D eigenvalue weighted by Crippen LogP contribution is 2.42. The third kappa shape index (κ3) is 7.25. The molecule has 2 aliphatic heterocycles. The van der Waals surface area contributed by atoms with Crippen molar-refractivity contribution in [1.29, 1.82) is 0 Å². The van der Waals surface area contributed by atoms with Gasteiger partial charge in [-0.1, -0.05) is 77.6 Å². The Balaban J connectivity index is 1.29. The highest BCUT2D eigenvalue weighted by molar-refractivity contribution is 8.02. The quantitative estimate of drug-likeness (QED) is 0.0545. The number of nitrogens with zero attached hydrogens (tertiary/aromatic N) is 6. The first-order valence-corrected chi connectivity index (χ1v) is 17.3. The molecule has 0 aliphatic carbocycles. The van der Waals surface area contributed by atoms with Gasteiger partial charge in [-0.25, -0.2) is 14.8 Å². The number of benzene rings is 2. The fraction of sp³-hybridized carbons (Fsp3) is 0.188. The maximum absolute atomic E-state index is 14.2. The van der Waals surface area contributed by atoms with Crippen LogP contribution in [0.1, 0.15) is 30.0 Å². The Morgan fingerprint density at radius 1 is 1.10 bits per heavy atom. The SMILES string of the molecule is CCON=C(C(=O)NC1C(=O)N2C(C(=O)OC(c3ccccc3)c3ccccc3)=C(C=CSc3ncccn3)CS[C@H]12)c1nsc(N)n1. The second-order valence-corrected chi connectivity index (χ2v) is 12.9. The van der Waals surface area contributed by atoms with E-state index >= 15 is 0 Å². The zero-order chi connectivity index (χ0) is 33.5.